The Kier molecular flexibility index (Phi) is 6.10. The summed E-state index contributed by atoms with van der Waals surface area (Å²) in [6.45, 7) is 2.49. The van der Waals surface area contributed by atoms with Crippen molar-refractivity contribution in [1.29, 1.82) is 0 Å². The Bertz CT molecular complexity index is 1020. The fraction of sp³-hybridized carbons (Fsp3) is 0.200. The number of amides is 1. The van der Waals surface area contributed by atoms with Gasteiger partial charge in [-0.25, -0.2) is 9.38 Å². The first kappa shape index (κ1) is 20.2. The zero-order chi connectivity index (χ0) is 20.4. The van der Waals surface area contributed by atoms with Crippen LogP contribution < -0.4 is 10.2 Å². The first-order valence-corrected chi connectivity index (χ1v) is 10.4. The van der Waals surface area contributed by atoms with Crippen molar-refractivity contribution < 1.29 is 13.9 Å². The van der Waals surface area contributed by atoms with Gasteiger partial charge in [0, 0.05) is 13.1 Å². The molecule has 0 spiro atoms. The molecular formula is C20H16Cl2FN3O2S. The van der Waals surface area contributed by atoms with E-state index in [4.69, 9.17) is 27.9 Å². The number of morpholine rings is 1. The number of thioether (sulfide) groups is 1. The third-order valence-electron chi connectivity index (χ3n) is 4.41. The highest BCUT2D eigenvalue weighted by Crippen LogP contribution is 2.31. The van der Waals surface area contributed by atoms with E-state index in [1.165, 1.54) is 17.8 Å². The number of carbonyl (C=O) groups is 1. The quantitative estimate of drug-likeness (QED) is 0.676. The Balaban J connectivity index is 1.52. The molecule has 2 heterocycles. The fourth-order valence-corrected chi connectivity index (χ4v) is 4.11. The van der Waals surface area contributed by atoms with Crippen LogP contribution in [0.15, 0.2) is 46.3 Å². The summed E-state index contributed by atoms with van der Waals surface area (Å²) in [6.07, 6.45) is 1.64. The average Bonchev–Trinajstić information content (AvgIpc) is 3.04. The van der Waals surface area contributed by atoms with Crippen LogP contribution >= 0.6 is 35.0 Å². The molecule has 0 bridgehead atoms. The normalized spacial score (nSPS) is 19.8. The maximum Gasteiger partial charge on any atom is 0.264 e. The van der Waals surface area contributed by atoms with Crippen LogP contribution in [0.2, 0.25) is 10.0 Å². The molecule has 0 unspecified atom stereocenters. The van der Waals surface area contributed by atoms with E-state index in [0.29, 0.717) is 63.4 Å². The van der Waals surface area contributed by atoms with Crippen molar-refractivity contribution in [2.45, 2.75) is 0 Å². The number of hydrogen-bond donors (Lipinski definition) is 1. The molecule has 2 aliphatic rings. The smallest absolute Gasteiger partial charge is 0.264 e. The molecule has 2 aliphatic heterocycles. The third kappa shape index (κ3) is 4.75. The van der Waals surface area contributed by atoms with Crippen molar-refractivity contribution in [1.82, 2.24) is 5.32 Å². The van der Waals surface area contributed by atoms with Crippen LogP contribution in [0.5, 0.6) is 0 Å². The second-order valence-corrected chi connectivity index (χ2v) is 8.24. The van der Waals surface area contributed by atoms with E-state index >= 15 is 0 Å². The second-order valence-electron chi connectivity index (χ2n) is 6.39. The lowest BCUT2D eigenvalue weighted by molar-refractivity contribution is -0.115. The third-order valence-corrected chi connectivity index (χ3v) is 6.05. The van der Waals surface area contributed by atoms with Crippen molar-refractivity contribution in [3.63, 3.8) is 0 Å². The molecule has 4 rings (SSSR count). The number of aliphatic imine (C=N–C) groups is 1. The summed E-state index contributed by atoms with van der Waals surface area (Å²) >= 11 is 13.1. The molecule has 2 saturated heterocycles. The Labute approximate surface area is 181 Å². The summed E-state index contributed by atoms with van der Waals surface area (Å²) in [7, 11) is 0. The lowest BCUT2D eigenvalue weighted by Gasteiger charge is -2.29. The second kappa shape index (κ2) is 8.75. The summed E-state index contributed by atoms with van der Waals surface area (Å²) in [6, 6.07) is 9.92. The SMILES string of the molecule is O=C1NC(=Nc2ccc(Cl)c(Cl)c2)S/C1=C\c1ccc(N2CCOCC2)c(F)c1. The molecule has 0 aliphatic carbocycles. The van der Waals surface area contributed by atoms with Crippen molar-refractivity contribution in [3.8, 4) is 0 Å². The number of amidine groups is 1. The molecule has 2 aromatic rings. The van der Waals surface area contributed by atoms with Gasteiger partial charge < -0.3 is 15.0 Å². The molecule has 2 aromatic carbocycles. The summed E-state index contributed by atoms with van der Waals surface area (Å²) < 4.78 is 19.9. The topological polar surface area (TPSA) is 53.9 Å². The van der Waals surface area contributed by atoms with Crippen LogP contribution in [-0.2, 0) is 9.53 Å². The van der Waals surface area contributed by atoms with Gasteiger partial charge in [-0.05, 0) is 53.7 Å². The molecule has 2 fully saturated rings. The first-order valence-electron chi connectivity index (χ1n) is 8.86. The molecule has 29 heavy (non-hydrogen) atoms. The summed E-state index contributed by atoms with van der Waals surface area (Å²) in [5.41, 5.74) is 1.72. The van der Waals surface area contributed by atoms with Gasteiger partial charge in [-0.15, -0.1) is 0 Å². The van der Waals surface area contributed by atoms with Crippen molar-refractivity contribution in [3.05, 3.63) is 62.7 Å². The van der Waals surface area contributed by atoms with E-state index in [0.717, 1.165) is 0 Å². The Hall–Kier alpha value is -2.06. The Morgan fingerprint density at radius 1 is 1.14 bits per heavy atom. The predicted octanol–water partition coefficient (Wildman–Crippen LogP) is 4.86. The molecule has 0 radical (unpaired) electrons. The molecule has 1 N–H and O–H groups in total. The number of nitrogens with zero attached hydrogens (tertiary/aromatic N) is 2. The Morgan fingerprint density at radius 2 is 1.93 bits per heavy atom. The molecule has 0 atom stereocenters. The zero-order valence-corrected chi connectivity index (χ0v) is 17.5. The molecule has 9 heteroatoms. The number of rotatable bonds is 3. The molecule has 0 saturated carbocycles. The van der Waals surface area contributed by atoms with E-state index in [2.05, 4.69) is 10.3 Å². The fourth-order valence-electron chi connectivity index (χ4n) is 2.98. The number of ether oxygens (including phenoxy) is 1. The number of hydrogen-bond acceptors (Lipinski definition) is 5. The van der Waals surface area contributed by atoms with E-state index in [9.17, 15) is 9.18 Å². The van der Waals surface area contributed by atoms with Crippen LogP contribution in [-0.4, -0.2) is 37.4 Å². The highest BCUT2D eigenvalue weighted by Gasteiger charge is 2.24. The molecule has 150 valence electrons. The monoisotopic (exact) mass is 451 g/mol. The molecule has 0 aromatic heterocycles. The van der Waals surface area contributed by atoms with Crippen LogP contribution in [0.1, 0.15) is 5.56 Å². The van der Waals surface area contributed by atoms with Crippen molar-refractivity contribution in [2.75, 3.05) is 31.2 Å². The Morgan fingerprint density at radius 3 is 2.66 bits per heavy atom. The number of benzene rings is 2. The minimum Gasteiger partial charge on any atom is -0.378 e. The van der Waals surface area contributed by atoms with E-state index < -0.39 is 0 Å². The lowest BCUT2D eigenvalue weighted by Crippen LogP contribution is -2.36. The van der Waals surface area contributed by atoms with Crippen LogP contribution in [0.25, 0.3) is 6.08 Å². The predicted molar refractivity (Wildman–Crippen MR) is 117 cm³/mol. The van der Waals surface area contributed by atoms with Gasteiger partial charge in [0.05, 0.1) is 39.5 Å². The van der Waals surface area contributed by atoms with Crippen LogP contribution in [0.4, 0.5) is 15.8 Å². The van der Waals surface area contributed by atoms with Crippen molar-refractivity contribution in [2.24, 2.45) is 4.99 Å². The van der Waals surface area contributed by atoms with Gasteiger partial charge in [-0.2, -0.15) is 0 Å². The highest BCUT2D eigenvalue weighted by atomic mass is 35.5. The average molecular weight is 452 g/mol. The van der Waals surface area contributed by atoms with Crippen LogP contribution in [0, 0.1) is 5.82 Å². The van der Waals surface area contributed by atoms with Gasteiger partial charge in [-0.3, -0.25) is 4.79 Å². The largest absolute Gasteiger partial charge is 0.378 e. The lowest BCUT2D eigenvalue weighted by atomic mass is 10.1. The van der Waals surface area contributed by atoms with E-state index in [-0.39, 0.29) is 11.7 Å². The summed E-state index contributed by atoms with van der Waals surface area (Å²) in [4.78, 5) is 19.0. The summed E-state index contributed by atoms with van der Waals surface area (Å²) in [5, 5.41) is 3.94. The van der Waals surface area contributed by atoms with E-state index in [1.807, 2.05) is 4.90 Å². The number of anilines is 1. The van der Waals surface area contributed by atoms with Gasteiger partial charge >= 0.3 is 0 Å². The van der Waals surface area contributed by atoms with Gasteiger partial charge in [0.1, 0.15) is 5.82 Å². The van der Waals surface area contributed by atoms with Crippen molar-refractivity contribution >= 4 is 63.5 Å². The minimum absolute atomic E-state index is 0.286. The molecule has 5 nitrogen and oxygen atoms in total. The maximum absolute atomic E-state index is 14.6. The maximum atomic E-state index is 14.6. The van der Waals surface area contributed by atoms with Gasteiger partial charge in [-0.1, -0.05) is 29.3 Å². The van der Waals surface area contributed by atoms with Gasteiger partial charge in [0.2, 0.25) is 0 Å². The number of carbonyl (C=O) groups excluding carboxylic acids is 1. The molecule has 1 amide bonds. The summed E-state index contributed by atoms with van der Waals surface area (Å²) in [5.74, 6) is -0.610. The highest BCUT2D eigenvalue weighted by molar-refractivity contribution is 8.18. The van der Waals surface area contributed by atoms with Gasteiger partial charge in [0.25, 0.3) is 5.91 Å². The number of halogens is 3. The number of nitrogens with one attached hydrogen (secondary N) is 1. The molecular weight excluding hydrogens is 436 g/mol. The minimum atomic E-state index is -0.325. The standard InChI is InChI=1S/C20H16Cl2FN3O2S/c21-14-3-2-13(11-15(14)22)24-20-25-19(27)18(29-20)10-12-1-4-17(16(23)9-12)26-5-7-28-8-6-26/h1-4,9-11H,5-8H2,(H,24,25,27)/b18-10-. The van der Waals surface area contributed by atoms with E-state index in [1.54, 1.807) is 36.4 Å². The van der Waals surface area contributed by atoms with Crippen LogP contribution in [0.3, 0.4) is 0 Å². The first-order chi connectivity index (χ1) is 14.0. The van der Waals surface area contributed by atoms with Gasteiger partial charge in [0.15, 0.2) is 5.17 Å². The zero-order valence-electron chi connectivity index (χ0n) is 15.1.